The van der Waals surface area contributed by atoms with Gasteiger partial charge >= 0.3 is 0 Å². The van der Waals surface area contributed by atoms with Gasteiger partial charge in [-0.15, -0.1) is 0 Å². The van der Waals surface area contributed by atoms with Crippen molar-refractivity contribution in [3.05, 3.63) is 29.6 Å². The Morgan fingerprint density at radius 1 is 1.50 bits per heavy atom. The summed E-state index contributed by atoms with van der Waals surface area (Å²) in [4.78, 5) is 0. The van der Waals surface area contributed by atoms with Crippen LogP contribution in [0.5, 0.6) is 5.75 Å². The molecule has 0 saturated heterocycles. The van der Waals surface area contributed by atoms with E-state index in [-0.39, 0.29) is 6.04 Å². The molecule has 0 bridgehead atoms. The lowest BCUT2D eigenvalue weighted by molar-refractivity contribution is 0.124. The topological polar surface area (TPSA) is 67.5 Å². The fourth-order valence-electron chi connectivity index (χ4n) is 1.89. The summed E-state index contributed by atoms with van der Waals surface area (Å²) in [5, 5.41) is 13.3. The van der Waals surface area contributed by atoms with Gasteiger partial charge in [-0.05, 0) is 45.1 Å². The molecule has 0 radical (unpaired) electrons. The molecule has 0 saturated carbocycles. The molecule has 0 fully saturated rings. The van der Waals surface area contributed by atoms with E-state index in [4.69, 9.17) is 10.5 Å². The van der Waals surface area contributed by atoms with Crippen LogP contribution < -0.4 is 15.8 Å². The molecule has 0 aliphatic heterocycles. The number of hydrogen-bond acceptors (Lipinski definition) is 4. The van der Waals surface area contributed by atoms with Gasteiger partial charge in [0.05, 0.1) is 12.7 Å². The SMILES string of the molecule is CCOc1ccc(F)cc1C(O)C(CCN)NC. The Bertz CT molecular complexity index is 374. The molecule has 4 N–H and O–H groups in total. The number of rotatable bonds is 7. The van der Waals surface area contributed by atoms with Crippen LogP contribution in [0.4, 0.5) is 4.39 Å². The molecular weight excluding hydrogens is 235 g/mol. The first kappa shape index (κ1) is 14.9. The van der Waals surface area contributed by atoms with Gasteiger partial charge in [-0.1, -0.05) is 0 Å². The van der Waals surface area contributed by atoms with Crippen molar-refractivity contribution in [2.24, 2.45) is 5.73 Å². The number of likely N-dealkylation sites (N-methyl/N-ethyl adjacent to an activating group) is 1. The zero-order valence-corrected chi connectivity index (χ0v) is 10.8. The smallest absolute Gasteiger partial charge is 0.125 e. The van der Waals surface area contributed by atoms with Crippen molar-refractivity contribution in [2.75, 3.05) is 20.2 Å². The minimum absolute atomic E-state index is 0.226. The first-order valence-electron chi connectivity index (χ1n) is 6.11. The van der Waals surface area contributed by atoms with Crippen molar-refractivity contribution < 1.29 is 14.2 Å². The first-order valence-corrected chi connectivity index (χ1v) is 6.11. The highest BCUT2D eigenvalue weighted by Crippen LogP contribution is 2.29. The van der Waals surface area contributed by atoms with Crippen LogP contribution >= 0.6 is 0 Å². The van der Waals surface area contributed by atoms with Crippen LogP contribution in [0.3, 0.4) is 0 Å². The van der Waals surface area contributed by atoms with E-state index in [2.05, 4.69) is 5.32 Å². The predicted molar refractivity (Wildman–Crippen MR) is 69.0 cm³/mol. The van der Waals surface area contributed by atoms with E-state index in [0.29, 0.717) is 30.9 Å². The van der Waals surface area contributed by atoms with Gasteiger partial charge in [-0.25, -0.2) is 4.39 Å². The Kier molecular flexibility index (Phi) is 6.04. The van der Waals surface area contributed by atoms with E-state index in [9.17, 15) is 9.50 Å². The average Bonchev–Trinajstić information content (AvgIpc) is 2.37. The third-order valence-electron chi connectivity index (χ3n) is 2.82. The molecule has 4 nitrogen and oxygen atoms in total. The van der Waals surface area contributed by atoms with E-state index < -0.39 is 11.9 Å². The summed E-state index contributed by atoms with van der Waals surface area (Å²) in [7, 11) is 1.74. The van der Waals surface area contributed by atoms with Gasteiger partial charge in [-0.3, -0.25) is 0 Å². The maximum atomic E-state index is 13.3. The molecule has 1 aromatic carbocycles. The summed E-state index contributed by atoms with van der Waals surface area (Å²) in [6, 6.07) is 3.93. The van der Waals surface area contributed by atoms with Gasteiger partial charge in [0, 0.05) is 11.6 Å². The number of nitrogens with one attached hydrogen (secondary N) is 1. The van der Waals surface area contributed by atoms with E-state index in [1.54, 1.807) is 7.05 Å². The van der Waals surface area contributed by atoms with Crippen LogP contribution in [0.2, 0.25) is 0 Å². The summed E-state index contributed by atoms with van der Waals surface area (Å²) in [5.41, 5.74) is 5.94. The number of ether oxygens (including phenoxy) is 1. The molecule has 2 unspecified atom stereocenters. The Balaban J connectivity index is 3.00. The summed E-state index contributed by atoms with van der Waals surface area (Å²) in [6.45, 7) is 2.75. The number of hydrogen-bond donors (Lipinski definition) is 3. The second kappa shape index (κ2) is 7.31. The van der Waals surface area contributed by atoms with Crippen LogP contribution in [0, 0.1) is 5.82 Å². The molecule has 0 heterocycles. The summed E-state index contributed by atoms with van der Waals surface area (Å²) < 4.78 is 18.7. The normalized spacial score (nSPS) is 14.3. The Morgan fingerprint density at radius 3 is 2.78 bits per heavy atom. The molecule has 1 rings (SSSR count). The van der Waals surface area contributed by atoms with Crippen LogP contribution in [0.1, 0.15) is 25.0 Å². The number of aliphatic hydroxyl groups excluding tert-OH is 1. The van der Waals surface area contributed by atoms with Gasteiger partial charge < -0.3 is 20.9 Å². The van der Waals surface area contributed by atoms with Crippen LogP contribution in [-0.2, 0) is 0 Å². The Labute approximate surface area is 107 Å². The Morgan fingerprint density at radius 2 is 2.22 bits per heavy atom. The number of aliphatic hydroxyl groups is 1. The second-order valence-electron chi connectivity index (χ2n) is 4.03. The number of benzene rings is 1. The number of nitrogens with two attached hydrogens (primary N) is 1. The lowest BCUT2D eigenvalue weighted by atomic mass is 9.99. The molecule has 0 aromatic heterocycles. The molecule has 102 valence electrons. The van der Waals surface area contributed by atoms with Crippen molar-refractivity contribution >= 4 is 0 Å². The predicted octanol–water partition coefficient (Wildman–Crippen LogP) is 1.19. The maximum Gasteiger partial charge on any atom is 0.125 e. The molecule has 2 atom stereocenters. The Hall–Kier alpha value is -1.17. The molecule has 0 aliphatic rings. The molecule has 0 amide bonds. The molecule has 5 heteroatoms. The first-order chi connectivity index (χ1) is 8.63. The molecule has 18 heavy (non-hydrogen) atoms. The molecule has 0 aliphatic carbocycles. The molecular formula is C13H21FN2O2. The summed E-state index contributed by atoms with van der Waals surface area (Å²) >= 11 is 0. The quantitative estimate of drug-likeness (QED) is 0.685. The number of halogens is 1. The highest BCUT2D eigenvalue weighted by Gasteiger charge is 2.22. The zero-order chi connectivity index (χ0) is 13.5. The minimum atomic E-state index is -0.851. The van der Waals surface area contributed by atoms with Gasteiger partial charge in [-0.2, -0.15) is 0 Å². The van der Waals surface area contributed by atoms with Crippen molar-refractivity contribution in [2.45, 2.75) is 25.5 Å². The minimum Gasteiger partial charge on any atom is -0.493 e. The van der Waals surface area contributed by atoms with Crippen LogP contribution in [0.15, 0.2) is 18.2 Å². The third kappa shape index (κ3) is 3.66. The van der Waals surface area contributed by atoms with Crippen LogP contribution in [-0.4, -0.2) is 31.3 Å². The largest absolute Gasteiger partial charge is 0.493 e. The van der Waals surface area contributed by atoms with Gasteiger partial charge in [0.2, 0.25) is 0 Å². The van der Waals surface area contributed by atoms with Crippen molar-refractivity contribution in [3.8, 4) is 5.75 Å². The standard InChI is InChI=1S/C13H21FN2O2/c1-3-18-12-5-4-9(14)8-10(12)13(17)11(16-2)6-7-15/h4-5,8,11,13,16-17H,3,6-7,15H2,1-2H3. The van der Waals surface area contributed by atoms with Gasteiger partial charge in [0.1, 0.15) is 11.6 Å². The summed E-state index contributed by atoms with van der Waals surface area (Å²) in [5.74, 6) is 0.110. The lowest BCUT2D eigenvalue weighted by Gasteiger charge is -2.24. The van der Waals surface area contributed by atoms with E-state index >= 15 is 0 Å². The highest BCUT2D eigenvalue weighted by atomic mass is 19.1. The molecule has 0 spiro atoms. The maximum absolute atomic E-state index is 13.3. The van der Waals surface area contributed by atoms with Crippen LogP contribution in [0.25, 0.3) is 0 Å². The van der Waals surface area contributed by atoms with E-state index in [1.807, 2.05) is 6.92 Å². The van der Waals surface area contributed by atoms with Crippen molar-refractivity contribution in [1.29, 1.82) is 0 Å². The monoisotopic (exact) mass is 256 g/mol. The van der Waals surface area contributed by atoms with Crippen molar-refractivity contribution in [1.82, 2.24) is 5.32 Å². The summed E-state index contributed by atoms with van der Waals surface area (Å²) in [6.07, 6.45) is -0.254. The fourth-order valence-corrected chi connectivity index (χ4v) is 1.89. The van der Waals surface area contributed by atoms with E-state index in [0.717, 1.165) is 0 Å². The van der Waals surface area contributed by atoms with E-state index in [1.165, 1.54) is 18.2 Å². The average molecular weight is 256 g/mol. The fraction of sp³-hybridized carbons (Fsp3) is 0.538. The van der Waals surface area contributed by atoms with Gasteiger partial charge in [0.25, 0.3) is 0 Å². The lowest BCUT2D eigenvalue weighted by Crippen LogP contribution is -2.34. The molecule has 1 aromatic rings. The van der Waals surface area contributed by atoms with Gasteiger partial charge in [0.15, 0.2) is 0 Å². The zero-order valence-electron chi connectivity index (χ0n) is 10.8. The van der Waals surface area contributed by atoms with Crippen molar-refractivity contribution in [3.63, 3.8) is 0 Å². The highest BCUT2D eigenvalue weighted by molar-refractivity contribution is 5.36. The second-order valence-corrected chi connectivity index (χ2v) is 4.03. The third-order valence-corrected chi connectivity index (χ3v) is 2.82.